The van der Waals surface area contributed by atoms with Crippen molar-refractivity contribution in [1.82, 2.24) is 0 Å². The maximum Gasteiger partial charge on any atom is 0.303 e. The highest BCUT2D eigenvalue weighted by Gasteiger charge is 2.17. The van der Waals surface area contributed by atoms with E-state index in [1.807, 2.05) is 12.1 Å². The highest BCUT2D eigenvalue weighted by atomic mass is 32.1. The highest BCUT2D eigenvalue weighted by molar-refractivity contribution is 7.79. The first-order valence-electron chi connectivity index (χ1n) is 7.33. The van der Waals surface area contributed by atoms with E-state index in [4.69, 9.17) is 5.11 Å². The van der Waals surface area contributed by atoms with Crippen molar-refractivity contribution in [3.8, 4) is 11.5 Å². The molecule has 0 aliphatic carbocycles. The fraction of sp³-hybridized carbons (Fsp3) is 0.353. The molecule has 0 aliphatic rings. The van der Waals surface area contributed by atoms with Crippen molar-refractivity contribution in [2.45, 2.75) is 37.9 Å². The lowest BCUT2D eigenvalue weighted by Gasteiger charge is -2.15. The molecule has 2 aromatic carbocycles. The van der Waals surface area contributed by atoms with E-state index in [0.29, 0.717) is 40.5 Å². The molecular formula is C17H20O4S. The molecule has 0 saturated heterocycles. The fourth-order valence-electron chi connectivity index (χ4n) is 2.70. The minimum atomic E-state index is -0.790. The third kappa shape index (κ3) is 3.47. The molecule has 0 unspecified atom stereocenters. The molecule has 0 spiro atoms. The predicted octanol–water partition coefficient (Wildman–Crippen LogP) is 3.87. The second-order valence-corrected chi connectivity index (χ2v) is 5.63. The van der Waals surface area contributed by atoms with Gasteiger partial charge in [-0.2, -0.15) is 12.6 Å². The first kappa shape index (κ1) is 16.5. The number of carboxylic acid groups (broad SMARTS) is 1. The number of phenols is 2. The maximum atomic E-state index is 10.5. The van der Waals surface area contributed by atoms with Crippen LogP contribution in [0.2, 0.25) is 0 Å². The zero-order valence-electron chi connectivity index (χ0n) is 12.2. The summed E-state index contributed by atoms with van der Waals surface area (Å²) in [7, 11) is 0. The van der Waals surface area contributed by atoms with E-state index in [-0.39, 0.29) is 17.9 Å². The molecule has 5 heteroatoms. The van der Waals surface area contributed by atoms with E-state index in [0.717, 1.165) is 12.8 Å². The third-order valence-electron chi connectivity index (χ3n) is 3.85. The lowest BCUT2D eigenvalue weighted by molar-refractivity contribution is -0.137. The Morgan fingerprint density at radius 1 is 0.955 bits per heavy atom. The molecule has 0 atom stereocenters. The predicted molar refractivity (Wildman–Crippen MR) is 89.8 cm³/mol. The summed E-state index contributed by atoms with van der Waals surface area (Å²) >= 11 is 4.26. The molecule has 4 nitrogen and oxygen atoms in total. The van der Waals surface area contributed by atoms with Gasteiger partial charge in [-0.1, -0.05) is 30.7 Å². The summed E-state index contributed by atoms with van der Waals surface area (Å²) < 4.78 is 0. The van der Waals surface area contributed by atoms with Gasteiger partial charge in [-0.25, -0.2) is 0 Å². The van der Waals surface area contributed by atoms with Gasteiger partial charge in [0.25, 0.3) is 0 Å². The molecule has 0 amide bonds. The van der Waals surface area contributed by atoms with Gasteiger partial charge in [-0.05, 0) is 19.3 Å². The molecule has 118 valence electrons. The molecule has 3 N–H and O–H groups in total. The van der Waals surface area contributed by atoms with E-state index in [2.05, 4.69) is 12.6 Å². The highest BCUT2D eigenvalue weighted by Crippen LogP contribution is 2.40. The number of fused-ring (bicyclic) bond motifs is 1. The fourth-order valence-corrected chi connectivity index (χ4v) is 3.04. The Hall–Kier alpha value is -1.88. The number of aliphatic carboxylic acids is 1. The van der Waals surface area contributed by atoms with Crippen molar-refractivity contribution >= 4 is 29.4 Å². The first-order valence-corrected chi connectivity index (χ1v) is 7.96. The molecule has 22 heavy (non-hydrogen) atoms. The van der Waals surface area contributed by atoms with Gasteiger partial charge >= 0.3 is 5.97 Å². The molecular weight excluding hydrogens is 300 g/mol. The Labute approximate surface area is 134 Å². The summed E-state index contributed by atoms with van der Waals surface area (Å²) in [6, 6.07) is 7.18. The Morgan fingerprint density at radius 2 is 1.55 bits per heavy atom. The lowest BCUT2D eigenvalue weighted by atomic mass is 9.95. The largest absolute Gasteiger partial charge is 0.507 e. The molecule has 0 aromatic heterocycles. The second kappa shape index (κ2) is 7.40. The number of carboxylic acids is 1. The quantitative estimate of drug-likeness (QED) is 0.355. The van der Waals surface area contributed by atoms with Crippen LogP contribution in [0.1, 0.15) is 36.8 Å². The number of hydrogen-bond donors (Lipinski definition) is 4. The summed E-state index contributed by atoms with van der Waals surface area (Å²) in [4.78, 5) is 10.5. The van der Waals surface area contributed by atoms with Gasteiger partial charge in [0.2, 0.25) is 0 Å². The van der Waals surface area contributed by atoms with Crippen LogP contribution < -0.4 is 0 Å². The Kier molecular flexibility index (Phi) is 5.55. The van der Waals surface area contributed by atoms with Gasteiger partial charge in [0.1, 0.15) is 11.5 Å². The zero-order chi connectivity index (χ0) is 16.1. The molecule has 0 fully saturated rings. The van der Waals surface area contributed by atoms with Crippen LogP contribution in [0.25, 0.3) is 10.8 Å². The van der Waals surface area contributed by atoms with E-state index >= 15 is 0 Å². The van der Waals surface area contributed by atoms with Crippen LogP contribution in [0.5, 0.6) is 11.5 Å². The Morgan fingerprint density at radius 3 is 2.09 bits per heavy atom. The minimum Gasteiger partial charge on any atom is -0.507 e. The van der Waals surface area contributed by atoms with Crippen LogP contribution in [-0.4, -0.2) is 21.3 Å². The number of carbonyl (C=O) groups is 1. The van der Waals surface area contributed by atoms with Gasteiger partial charge in [0.15, 0.2) is 0 Å². The maximum absolute atomic E-state index is 10.5. The van der Waals surface area contributed by atoms with Crippen LogP contribution in [0.4, 0.5) is 0 Å². The van der Waals surface area contributed by atoms with Gasteiger partial charge in [-0.3, -0.25) is 4.79 Å². The van der Waals surface area contributed by atoms with E-state index in [1.54, 1.807) is 12.1 Å². The van der Waals surface area contributed by atoms with E-state index in [9.17, 15) is 15.0 Å². The number of phenolic OH excluding ortho intramolecular Hbond substituents is 2. The topological polar surface area (TPSA) is 77.8 Å². The third-order valence-corrected chi connectivity index (χ3v) is 4.17. The molecule has 0 aliphatic heterocycles. The molecule has 0 bridgehead atoms. The minimum absolute atomic E-state index is 0.161. The normalized spacial score (nSPS) is 11.0. The van der Waals surface area contributed by atoms with E-state index in [1.165, 1.54) is 0 Å². The average Bonchev–Trinajstić information content (AvgIpc) is 2.51. The number of unbranched alkanes of at least 4 members (excludes halogenated alkanes) is 2. The number of benzene rings is 2. The van der Waals surface area contributed by atoms with Crippen molar-refractivity contribution in [1.29, 1.82) is 0 Å². The number of hydrogen-bond acceptors (Lipinski definition) is 4. The summed E-state index contributed by atoms with van der Waals surface area (Å²) in [6.07, 6.45) is 2.91. The molecule has 0 heterocycles. The van der Waals surface area contributed by atoms with Crippen molar-refractivity contribution in [3.63, 3.8) is 0 Å². The van der Waals surface area contributed by atoms with Crippen LogP contribution in [-0.2, 0) is 17.0 Å². The van der Waals surface area contributed by atoms with Gasteiger partial charge in [-0.15, -0.1) is 0 Å². The molecule has 2 aromatic rings. The van der Waals surface area contributed by atoms with Crippen LogP contribution in [0.15, 0.2) is 24.3 Å². The van der Waals surface area contributed by atoms with Crippen molar-refractivity contribution in [3.05, 3.63) is 35.4 Å². The monoisotopic (exact) mass is 320 g/mol. The Bertz CT molecular complexity index is 682. The molecule has 0 radical (unpaired) electrons. The van der Waals surface area contributed by atoms with Crippen molar-refractivity contribution < 1.29 is 20.1 Å². The molecule has 0 saturated carbocycles. The van der Waals surface area contributed by atoms with Crippen LogP contribution in [0.3, 0.4) is 0 Å². The van der Waals surface area contributed by atoms with Crippen LogP contribution >= 0.6 is 12.6 Å². The number of thiol groups is 1. The van der Waals surface area contributed by atoms with Crippen molar-refractivity contribution in [2.75, 3.05) is 0 Å². The average molecular weight is 320 g/mol. The summed E-state index contributed by atoms with van der Waals surface area (Å²) in [5.41, 5.74) is 1.36. The second-order valence-electron chi connectivity index (χ2n) is 5.31. The van der Waals surface area contributed by atoms with Crippen LogP contribution in [0, 0.1) is 0 Å². The standard InChI is InChI=1S/C17H20O4S/c18-15(19)9-3-1-2-6-13-14(10-22)17(21)12-8-5-4-7-11(12)16(13)20/h4-5,7-8,20-22H,1-3,6,9-10H2,(H,18,19). The number of aromatic hydroxyl groups is 2. The summed E-state index contributed by atoms with van der Waals surface area (Å²) in [6.45, 7) is 0. The van der Waals surface area contributed by atoms with Gasteiger partial charge < -0.3 is 15.3 Å². The van der Waals surface area contributed by atoms with Gasteiger partial charge in [0, 0.05) is 34.1 Å². The Balaban J connectivity index is 2.24. The number of rotatable bonds is 7. The van der Waals surface area contributed by atoms with E-state index < -0.39 is 5.97 Å². The SMILES string of the molecule is O=C(O)CCCCCc1c(CS)c(O)c2ccccc2c1O. The lowest BCUT2D eigenvalue weighted by Crippen LogP contribution is -1.97. The summed E-state index contributed by atoms with van der Waals surface area (Å²) in [5, 5.41) is 30.8. The first-order chi connectivity index (χ1) is 10.6. The summed E-state index contributed by atoms with van der Waals surface area (Å²) in [5.74, 6) is -0.0869. The zero-order valence-corrected chi connectivity index (χ0v) is 13.1. The van der Waals surface area contributed by atoms with Gasteiger partial charge in [0.05, 0.1) is 0 Å². The van der Waals surface area contributed by atoms with Crippen molar-refractivity contribution in [2.24, 2.45) is 0 Å². The smallest absolute Gasteiger partial charge is 0.303 e. The molecule has 2 rings (SSSR count).